The average molecular weight is 294 g/mol. The highest BCUT2D eigenvalue weighted by Crippen LogP contribution is 2.29. The third-order valence-corrected chi connectivity index (χ3v) is 6.04. The molecule has 7 heteroatoms. The van der Waals surface area contributed by atoms with E-state index in [1.807, 2.05) is 13.8 Å². The van der Waals surface area contributed by atoms with Crippen molar-refractivity contribution in [3.63, 3.8) is 0 Å². The van der Waals surface area contributed by atoms with Gasteiger partial charge in [-0.05, 0) is 31.7 Å². The SMILES string of the molecule is Cc1c(C)n(CC2CCS(=O)(=O)C2)c2ncnc(N)c12. The molecule has 0 aromatic carbocycles. The number of nitrogen functional groups attached to an aromatic ring is 1. The number of hydrogen-bond donors (Lipinski definition) is 1. The molecule has 6 nitrogen and oxygen atoms in total. The molecule has 1 aliphatic heterocycles. The number of hydrogen-bond acceptors (Lipinski definition) is 5. The Morgan fingerprint density at radius 3 is 2.80 bits per heavy atom. The van der Waals surface area contributed by atoms with Crippen molar-refractivity contribution in [1.29, 1.82) is 0 Å². The Bertz CT molecular complexity index is 779. The molecule has 1 fully saturated rings. The van der Waals surface area contributed by atoms with Crippen LogP contribution in [-0.2, 0) is 16.4 Å². The number of aryl methyl sites for hydroxylation is 1. The van der Waals surface area contributed by atoms with Gasteiger partial charge in [-0.1, -0.05) is 0 Å². The van der Waals surface area contributed by atoms with Gasteiger partial charge in [-0.25, -0.2) is 18.4 Å². The molecule has 108 valence electrons. The van der Waals surface area contributed by atoms with E-state index in [1.54, 1.807) is 0 Å². The van der Waals surface area contributed by atoms with Crippen LogP contribution >= 0.6 is 0 Å². The number of nitrogens with two attached hydrogens (primary N) is 1. The number of anilines is 1. The monoisotopic (exact) mass is 294 g/mol. The van der Waals surface area contributed by atoms with Crippen molar-refractivity contribution in [2.75, 3.05) is 17.2 Å². The lowest BCUT2D eigenvalue weighted by atomic mass is 10.1. The molecule has 20 heavy (non-hydrogen) atoms. The van der Waals surface area contributed by atoms with Gasteiger partial charge in [0.2, 0.25) is 0 Å². The summed E-state index contributed by atoms with van der Waals surface area (Å²) in [5.74, 6) is 1.20. The Morgan fingerprint density at radius 2 is 2.15 bits per heavy atom. The highest BCUT2D eigenvalue weighted by atomic mass is 32.2. The summed E-state index contributed by atoms with van der Waals surface area (Å²) in [6.45, 7) is 4.69. The second kappa shape index (κ2) is 4.44. The maximum Gasteiger partial charge on any atom is 0.150 e. The van der Waals surface area contributed by atoms with Crippen molar-refractivity contribution in [3.05, 3.63) is 17.6 Å². The predicted molar refractivity (Wildman–Crippen MR) is 78.2 cm³/mol. The first kappa shape index (κ1) is 13.4. The van der Waals surface area contributed by atoms with Crippen LogP contribution in [0.4, 0.5) is 5.82 Å². The third-order valence-electron chi connectivity index (χ3n) is 4.20. The molecule has 0 saturated carbocycles. The van der Waals surface area contributed by atoms with E-state index in [0.29, 0.717) is 18.1 Å². The normalized spacial score (nSPS) is 21.6. The first-order chi connectivity index (χ1) is 9.39. The summed E-state index contributed by atoms with van der Waals surface area (Å²) in [6.07, 6.45) is 2.18. The fourth-order valence-corrected chi connectivity index (χ4v) is 4.84. The number of fused-ring (bicyclic) bond motifs is 1. The molecule has 1 aliphatic rings. The zero-order chi connectivity index (χ0) is 14.5. The van der Waals surface area contributed by atoms with E-state index in [0.717, 1.165) is 28.7 Å². The van der Waals surface area contributed by atoms with Crippen LogP contribution in [0.5, 0.6) is 0 Å². The molecule has 2 aromatic heterocycles. The predicted octanol–water partition coefficient (Wildman–Crippen LogP) is 1.07. The van der Waals surface area contributed by atoms with Crippen LogP contribution in [0, 0.1) is 19.8 Å². The third kappa shape index (κ3) is 2.06. The summed E-state index contributed by atoms with van der Waals surface area (Å²) in [5, 5.41) is 0.880. The van der Waals surface area contributed by atoms with E-state index in [1.165, 1.54) is 6.33 Å². The average Bonchev–Trinajstić information content (AvgIpc) is 2.84. The van der Waals surface area contributed by atoms with Gasteiger partial charge >= 0.3 is 0 Å². The first-order valence-corrected chi connectivity index (χ1v) is 8.47. The molecule has 1 atom stereocenters. The molecule has 2 N–H and O–H groups in total. The van der Waals surface area contributed by atoms with Crippen molar-refractivity contribution in [1.82, 2.24) is 14.5 Å². The Morgan fingerprint density at radius 1 is 1.40 bits per heavy atom. The minimum atomic E-state index is -2.85. The molecular weight excluding hydrogens is 276 g/mol. The zero-order valence-electron chi connectivity index (χ0n) is 11.6. The first-order valence-electron chi connectivity index (χ1n) is 6.65. The second-order valence-electron chi connectivity index (χ2n) is 5.55. The highest BCUT2D eigenvalue weighted by molar-refractivity contribution is 7.91. The van der Waals surface area contributed by atoms with Crippen LogP contribution in [0.2, 0.25) is 0 Å². The lowest BCUT2D eigenvalue weighted by Gasteiger charge is -2.12. The number of sulfone groups is 1. The topological polar surface area (TPSA) is 90.9 Å². The van der Waals surface area contributed by atoms with Crippen molar-refractivity contribution in [2.24, 2.45) is 5.92 Å². The molecule has 1 unspecified atom stereocenters. The maximum absolute atomic E-state index is 11.6. The lowest BCUT2D eigenvalue weighted by molar-refractivity contribution is 0.492. The van der Waals surface area contributed by atoms with E-state index in [4.69, 9.17) is 5.73 Å². The summed E-state index contributed by atoms with van der Waals surface area (Å²) in [4.78, 5) is 8.36. The van der Waals surface area contributed by atoms with E-state index in [-0.39, 0.29) is 11.7 Å². The Kier molecular flexibility index (Phi) is 2.97. The smallest absolute Gasteiger partial charge is 0.150 e. The summed E-state index contributed by atoms with van der Waals surface area (Å²) >= 11 is 0. The van der Waals surface area contributed by atoms with Gasteiger partial charge in [0.1, 0.15) is 17.8 Å². The van der Waals surface area contributed by atoms with Gasteiger partial charge in [-0.3, -0.25) is 0 Å². The van der Waals surface area contributed by atoms with Gasteiger partial charge in [0, 0.05) is 12.2 Å². The maximum atomic E-state index is 11.6. The van der Waals surface area contributed by atoms with Gasteiger partial charge < -0.3 is 10.3 Å². The summed E-state index contributed by atoms with van der Waals surface area (Å²) in [6, 6.07) is 0. The van der Waals surface area contributed by atoms with Crippen LogP contribution in [-0.4, -0.2) is 34.5 Å². The van der Waals surface area contributed by atoms with Gasteiger partial charge in [-0.2, -0.15) is 0 Å². The van der Waals surface area contributed by atoms with Crippen molar-refractivity contribution < 1.29 is 8.42 Å². The lowest BCUT2D eigenvalue weighted by Crippen LogP contribution is -2.14. The van der Waals surface area contributed by atoms with Gasteiger partial charge in [0.05, 0.1) is 16.9 Å². The fourth-order valence-electron chi connectivity index (χ4n) is 2.99. The summed E-state index contributed by atoms with van der Waals surface area (Å²) in [5.41, 5.74) is 8.88. The summed E-state index contributed by atoms with van der Waals surface area (Å²) in [7, 11) is -2.85. The van der Waals surface area contributed by atoms with E-state index in [2.05, 4.69) is 14.5 Å². The van der Waals surface area contributed by atoms with Gasteiger partial charge in [0.25, 0.3) is 0 Å². The standard InChI is InChI=1S/C13H18N4O2S/c1-8-9(2)17(5-10-3-4-20(18,19)6-10)13-11(8)12(14)15-7-16-13/h7,10H,3-6H2,1-2H3,(H2,14,15,16). The largest absolute Gasteiger partial charge is 0.383 e. The Labute approximate surface area is 117 Å². The van der Waals surface area contributed by atoms with Crippen molar-refractivity contribution in [3.8, 4) is 0 Å². The van der Waals surface area contributed by atoms with E-state index < -0.39 is 9.84 Å². The van der Waals surface area contributed by atoms with Crippen LogP contribution in [0.3, 0.4) is 0 Å². The molecule has 0 spiro atoms. The van der Waals surface area contributed by atoms with E-state index >= 15 is 0 Å². The molecule has 0 radical (unpaired) electrons. The van der Waals surface area contributed by atoms with E-state index in [9.17, 15) is 8.42 Å². The number of rotatable bonds is 2. The molecule has 0 bridgehead atoms. The summed E-state index contributed by atoms with van der Waals surface area (Å²) < 4.78 is 25.2. The quantitative estimate of drug-likeness (QED) is 0.894. The molecular formula is C13H18N4O2S. The molecule has 1 saturated heterocycles. The number of aromatic nitrogens is 3. The molecule has 3 rings (SSSR count). The van der Waals surface area contributed by atoms with Crippen LogP contribution < -0.4 is 5.73 Å². The zero-order valence-corrected chi connectivity index (χ0v) is 12.4. The molecule has 2 aromatic rings. The second-order valence-corrected chi connectivity index (χ2v) is 7.78. The highest BCUT2D eigenvalue weighted by Gasteiger charge is 2.29. The van der Waals surface area contributed by atoms with Gasteiger partial charge in [0.15, 0.2) is 9.84 Å². The Hall–Kier alpha value is -1.63. The molecule has 0 aliphatic carbocycles. The van der Waals surface area contributed by atoms with Crippen LogP contribution in [0.15, 0.2) is 6.33 Å². The van der Waals surface area contributed by atoms with Crippen LogP contribution in [0.1, 0.15) is 17.7 Å². The molecule has 3 heterocycles. The van der Waals surface area contributed by atoms with Crippen molar-refractivity contribution >= 4 is 26.7 Å². The van der Waals surface area contributed by atoms with Crippen LogP contribution in [0.25, 0.3) is 11.0 Å². The Balaban J connectivity index is 2.04. The minimum absolute atomic E-state index is 0.157. The fraction of sp³-hybridized carbons (Fsp3) is 0.538. The van der Waals surface area contributed by atoms with Crippen molar-refractivity contribution in [2.45, 2.75) is 26.8 Å². The van der Waals surface area contributed by atoms with Gasteiger partial charge in [-0.15, -0.1) is 0 Å². The number of nitrogens with zero attached hydrogens (tertiary/aromatic N) is 3. The minimum Gasteiger partial charge on any atom is -0.383 e. The molecule has 0 amide bonds.